The van der Waals surface area contributed by atoms with Crippen LogP contribution in [-0.4, -0.2) is 36.7 Å². The molecule has 86 valence electrons. The van der Waals surface area contributed by atoms with Gasteiger partial charge in [0.15, 0.2) is 0 Å². The zero-order valence-electron chi connectivity index (χ0n) is 9.02. The fourth-order valence-corrected chi connectivity index (χ4v) is 0.671. The molecule has 0 aromatic heterocycles. The van der Waals surface area contributed by atoms with Crippen LogP contribution in [0.5, 0.6) is 0 Å². The zero-order chi connectivity index (χ0) is 11.2. The molecular formula is C8H22N4O2. The summed E-state index contributed by atoms with van der Waals surface area (Å²) in [7, 11) is 1.60. The van der Waals surface area contributed by atoms with Gasteiger partial charge in [0.05, 0.1) is 0 Å². The smallest absolute Gasteiger partial charge is 0.410 e. The molecule has 14 heavy (non-hydrogen) atoms. The molecule has 0 aromatic rings. The van der Waals surface area contributed by atoms with Gasteiger partial charge in [0.25, 0.3) is 0 Å². The third-order valence-corrected chi connectivity index (χ3v) is 1.30. The van der Waals surface area contributed by atoms with Crippen molar-refractivity contribution in [2.24, 2.45) is 5.11 Å². The molecule has 0 rings (SSSR count). The quantitative estimate of drug-likeness (QED) is 0.404. The minimum Gasteiger partial charge on any atom is -0.444 e. The minimum absolute atomic E-state index is 0. The molecule has 0 aliphatic heterocycles. The number of ether oxygens (including phenoxy) is 1. The fourth-order valence-electron chi connectivity index (χ4n) is 0.671. The number of rotatable bonds is 3. The van der Waals surface area contributed by atoms with Gasteiger partial charge >= 0.3 is 6.09 Å². The second-order valence-corrected chi connectivity index (χ2v) is 3.86. The number of azide groups is 1. The minimum atomic E-state index is -0.496. The number of likely N-dealkylation sites (N-methyl/N-ethyl adjacent to an activating group) is 1. The first kappa shape index (κ1) is 12.6. The summed E-state index contributed by atoms with van der Waals surface area (Å²) in [4.78, 5) is 15.3. The average Bonchev–Trinajstić information content (AvgIpc) is 2.01. The van der Waals surface area contributed by atoms with Crippen LogP contribution in [0.15, 0.2) is 5.11 Å². The molecule has 0 spiro atoms. The SMILES string of the molecule is CN(CCN=[N+]=[N-])C(=O)OC(C)(C)C.[HH].[HH].[HH]. The van der Waals surface area contributed by atoms with Crippen molar-refractivity contribution in [2.75, 3.05) is 20.1 Å². The molecule has 0 atom stereocenters. The van der Waals surface area contributed by atoms with Crippen LogP contribution in [0.3, 0.4) is 0 Å². The van der Waals surface area contributed by atoms with Crippen molar-refractivity contribution in [3.05, 3.63) is 10.4 Å². The highest BCUT2D eigenvalue weighted by Crippen LogP contribution is 2.08. The van der Waals surface area contributed by atoms with Crippen molar-refractivity contribution >= 4 is 6.09 Å². The first-order valence-electron chi connectivity index (χ1n) is 4.32. The van der Waals surface area contributed by atoms with E-state index in [-0.39, 0.29) is 10.8 Å². The van der Waals surface area contributed by atoms with Crippen LogP contribution < -0.4 is 0 Å². The third kappa shape index (κ3) is 6.14. The summed E-state index contributed by atoms with van der Waals surface area (Å²) in [6, 6.07) is 0. The van der Waals surface area contributed by atoms with E-state index < -0.39 is 11.7 Å². The van der Waals surface area contributed by atoms with Crippen LogP contribution in [-0.2, 0) is 4.74 Å². The van der Waals surface area contributed by atoms with Gasteiger partial charge < -0.3 is 9.64 Å². The normalized spacial score (nSPS) is 10.3. The molecule has 0 unspecified atom stereocenters. The largest absolute Gasteiger partial charge is 0.444 e. The molecule has 6 nitrogen and oxygen atoms in total. The van der Waals surface area contributed by atoms with Crippen molar-refractivity contribution < 1.29 is 13.8 Å². The number of amides is 1. The van der Waals surface area contributed by atoms with Crippen LogP contribution in [0.1, 0.15) is 25.1 Å². The summed E-state index contributed by atoms with van der Waals surface area (Å²) in [6.45, 7) is 6.01. The van der Waals surface area contributed by atoms with E-state index in [1.54, 1.807) is 27.8 Å². The highest BCUT2D eigenvalue weighted by molar-refractivity contribution is 5.67. The Morgan fingerprint density at radius 3 is 2.64 bits per heavy atom. The molecule has 0 N–H and O–H groups in total. The maximum Gasteiger partial charge on any atom is 0.410 e. The Kier molecular flexibility index (Phi) is 4.80. The van der Waals surface area contributed by atoms with E-state index in [4.69, 9.17) is 10.3 Å². The second-order valence-electron chi connectivity index (χ2n) is 3.86. The zero-order valence-corrected chi connectivity index (χ0v) is 9.02. The molecule has 0 bridgehead atoms. The van der Waals surface area contributed by atoms with Crippen molar-refractivity contribution in [1.82, 2.24) is 4.90 Å². The molecule has 1 amide bonds. The molecular weight excluding hydrogens is 184 g/mol. The molecule has 0 fully saturated rings. The summed E-state index contributed by atoms with van der Waals surface area (Å²) < 4.78 is 5.08. The maximum absolute atomic E-state index is 11.3. The lowest BCUT2D eigenvalue weighted by atomic mass is 10.2. The summed E-state index contributed by atoms with van der Waals surface area (Å²) in [5.74, 6) is 0. The topological polar surface area (TPSA) is 78.3 Å². The standard InChI is InChI=1S/C8H16N4O2.3H2/c1-8(2,3)14-7(13)12(4)6-5-10-11-9;;;/h5-6H2,1-4H3;3*1H. The predicted molar refractivity (Wildman–Crippen MR) is 59.2 cm³/mol. The Morgan fingerprint density at radius 1 is 1.64 bits per heavy atom. The third-order valence-electron chi connectivity index (χ3n) is 1.30. The van der Waals surface area contributed by atoms with Gasteiger partial charge in [-0.3, -0.25) is 0 Å². The predicted octanol–water partition coefficient (Wildman–Crippen LogP) is 2.90. The van der Waals surface area contributed by atoms with Crippen molar-refractivity contribution in [1.29, 1.82) is 0 Å². The van der Waals surface area contributed by atoms with E-state index in [0.29, 0.717) is 6.54 Å². The van der Waals surface area contributed by atoms with Gasteiger partial charge in [0, 0.05) is 29.3 Å². The van der Waals surface area contributed by atoms with Crippen molar-refractivity contribution in [3.63, 3.8) is 0 Å². The first-order valence-corrected chi connectivity index (χ1v) is 4.32. The lowest BCUT2D eigenvalue weighted by Gasteiger charge is -2.24. The van der Waals surface area contributed by atoms with E-state index in [9.17, 15) is 4.79 Å². The van der Waals surface area contributed by atoms with E-state index >= 15 is 0 Å². The van der Waals surface area contributed by atoms with Crippen molar-refractivity contribution in [2.45, 2.75) is 26.4 Å². The molecule has 0 saturated heterocycles. The van der Waals surface area contributed by atoms with E-state index in [0.717, 1.165) is 0 Å². The summed E-state index contributed by atoms with van der Waals surface area (Å²) in [6.07, 6.45) is -0.411. The number of hydrogen-bond acceptors (Lipinski definition) is 3. The van der Waals surface area contributed by atoms with Crippen molar-refractivity contribution in [3.8, 4) is 0 Å². The Balaban J connectivity index is -0.000000282. The van der Waals surface area contributed by atoms with E-state index in [2.05, 4.69) is 10.0 Å². The van der Waals surface area contributed by atoms with E-state index in [1.807, 2.05) is 0 Å². The molecule has 0 aliphatic carbocycles. The van der Waals surface area contributed by atoms with Gasteiger partial charge in [-0.05, 0) is 26.3 Å². The van der Waals surface area contributed by atoms with Gasteiger partial charge in [0.2, 0.25) is 0 Å². The van der Waals surface area contributed by atoms with E-state index in [1.165, 1.54) is 4.90 Å². The van der Waals surface area contributed by atoms with Gasteiger partial charge in [-0.25, -0.2) is 4.79 Å². The highest BCUT2D eigenvalue weighted by atomic mass is 16.6. The lowest BCUT2D eigenvalue weighted by molar-refractivity contribution is 0.0304. The fraction of sp³-hybridized carbons (Fsp3) is 0.875. The number of hydrogen-bond donors (Lipinski definition) is 0. The summed E-state index contributed by atoms with van der Waals surface area (Å²) in [5.41, 5.74) is 7.53. The second kappa shape index (κ2) is 5.34. The summed E-state index contributed by atoms with van der Waals surface area (Å²) >= 11 is 0. The van der Waals surface area contributed by atoms with Gasteiger partial charge in [-0.1, -0.05) is 5.11 Å². The molecule has 0 saturated carbocycles. The van der Waals surface area contributed by atoms with Crippen LogP contribution in [0.25, 0.3) is 10.4 Å². The molecule has 0 aromatic carbocycles. The van der Waals surface area contributed by atoms with Crippen LogP contribution in [0, 0.1) is 0 Å². The average molecular weight is 206 g/mol. The monoisotopic (exact) mass is 206 g/mol. The Hall–Kier alpha value is -1.42. The molecule has 6 heteroatoms. The number of carbonyl (C=O) groups excluding carboxylic acids is 1. The molecule has 0 radical (unpaired) electrons. The Morgan fingerprint density at radius 2 is 2.21 bits per heavy atom. The van der Waals surface area contributed by atoms with Crippen LogP contribution >= 0.6 is 0 Å². The van der Waals surface area contributed by atoms with Crippen LogP contribution in [0.2, 0.25) is 0 Å². The first-order chi connectivity index (χ1) is 6.37. The van der Waals surface area contributed by atoms with Gasteiger partial charge in [-0.15, -0.1) is 0 Å². The Bertz CT molecular complexity index is 252. The Labute approximate surface area is 87.9 Å². The molecule has 0 aliphatic rings. The summed E-state index contributed by atoms with van der Waals surface area (Å²) in [5, 5.41) is 3.32. The molecule has 0 heterocycles. The lowest BCUT2D eigenvalue weighted by Crippen LogP contribution is -2.35. The maximum atomic E-state index is 11.3. The number of carbonyl (C=O) groups is 1. The van der Waals surface area contributed by atoms with Gasteiger partial charge in [-0.2, -0.15) is 0 Å². The number of nitrogens with zero attached hydrogens (tertiary/aromatic N) is 4. The highest BCUT2D eigenvalue weighted by Gasteiger charge is 2.18. The van der Waals surface area contributed by atoms with Gasteiger partial charge in [0.1, 0.15) is 5.60 Å². The van der Waals surface area contributed by atoms with Crippen LogP contribution in [0.4, 0.5) is 4.79 Å².